The van der Waals surface area contributed by atoms with Gasteiger partial charge in [0.1, 0.15) is 6.29 Å². The van der Waals surface area contributed by atoms with Crippen molar-refractivity contribution in [1.82, 2.24) is 0 Å². The maximum atomic E-state index is 10.4. The Hall–Kier alpha value is -0.851. The van der Waals surface area contributed by atoms with Gasteiger partial charge in [0.2, 0.25) is 0 Å². The summed E-state index contributed by atoms with van der Waals surface area (Å²) in [6, 6.07) is 7.50. The topological polar surface area (TPSA) is 17.1 Å². The van der Waals surface area contributed by atoms with E-state index in [9.17, 15) is 4.79 Å². The normalized spacial score (nSPS) is 18.1. The van der Waals surface area contributed by atoms with Crippen molar-refractivity contribution in [3.05, 3.63) is 105 Å². The molecule has 0 heterocycles. The molecule has 2 saturated carbocycles. The molecule has 1 nitrogen and oxygen atoms in total. The standard InChI is InChI=1S/C14H11O.C5H5.Fe/c15-11-14-9-7-13(8-10-14)6-5-12-3-1-2-4-12;1-2-4-5-3-1;/h1-11H;1-5H;/q;;+2/b6-5-;;. The van der Waals surface area contributed by atoms with E-state index >= 15 is 0 Å². The fourth-order valence-corrected chi connectivity index (χ4v) is 1.70. The van der Waals surface area contributed by atoms with Crippen molar-refractivity contribution in [2.75, 3.05) is 0 Å². The molecule has 21 heavy (non-hydrogen) atoms. The Balaban J connectivity index is 0.000000313. The second-order valence-corrected chi connectivity index (χ2v) is 4.30. The molecule has 0 atom stereocenters. The van der Waals surface area contributed by atoms with Gasteiger partial charge in [-0.1, -0.05) is 36.4 Å². The molecule has 104 valence electrons. The molecule has 10 radical (unpaired) electrons. The quantitative estimate of drug-likeness (QED) is 0.610. The number of aldehydes is 1. The van der Waals surface area contributed by atoms with Crippen LogP contribution in [0.25, 0.3) is 6.08 Å². The maximum absolute atomic E-state index is 10.4. The van der Waals surface area contributed by atoms with E-state index in [4.69, 9.17) is 0 Å². The Labute approximate surface area is 139 Å². The molecule has 2 aliphatic carbocycles. The molecule has 0 unspecified atom stereocenters. The summed E-state index contributed by atoms with van der Waals surface area (Å²) in [7, 11) is 0. The van der Waals surface area contributed by atoms with Gasteiger partial charge < -0.3 is 0 Å². The predicted octanol–water partition coefficient (Wildman–Crippen LogP) is 3.94. The number of carbonyl (C=O) groups excluding carboxylic acids is 1. The molecule has 0 N–H and O–H groups in total. The fraction of sp³-hybridized carbons (Fsp3) is 0. The van der Waals surface area contributed by atoms with Gasteiger partial charge in [-0.15, -0.1) is 0 Å². The van der Waals surface area contributed by atoms with E-state index in [-0.39, 0.29) is 17.1 Å². The summed E-state index contributed by atoms with van der Waals surface area (Å²) in [5.74, 6) is 1.19. The number of benzene rings is 1. The Kier molecular flexibility index (Phi) is 9.37. The molecule has 0 spiro atoms. The van der Waals surface area contributed by atoms with Gasteiger partial charge in [0.25, 0.3) is 0 Å². The largest absolute Gasteiger partial charge is 2.00 e. The van der Waals surface area contributed by atoms with Gasteiger partial charge in [0, 0.05) is 11.5 Å². The zero-order valence-corrected chi connectivity index (χ0v) is 12.6. The first-order valence-corrected chi connectivity index (χ1v) is 6.50. The van der Waals surface area contributed by atoms with E-state index in [1.807, 2.05) is 75.3 Å². The van der Waals surface area contributed by atoms with Crippen LogP contribution < -0.4 is 0 Å². The average molecular weight is 316 g/mol. The van der Waals surface area contributed by atoms with Gasteiger partial charge in [0.05, 0.1) is 0 Å². The van der Waals surface area contributed by atoms with Crippen molar-refractivity contribution in [1.29, 1.82) is 0 Å². The molecule has 2 heteroatoms. The van der Waals surface area contributed by atoms with E-state index < -0.39 is 0 Å². The third-order valence-corrected chi connectivity index (χ3v) is 2.78. The van der Waals surface area contributed by atoms with Gasteiger partial charge in [-0.3, -0.25) is 4.79 Å². The first-order chi connectivity index (χ1) is 9.88. The smallest absolute Gasteiger partial charge is 0.298 e. The van der Waals surface area contributed by atoms with Crippen LogP contribution in [0.5, 0.6) is 0 Å². The first-order valence-electron chi connectivity index (χ1n) is 6.50. The summed E-state index contributed by atoms with van der Waals surface area (Å²) in [5, 5.41) is 0. The molecule has 2 aliphatic rings. The minimum atomic E-state index is 0. The second kappa shape index (κ2) is 10.8. The van der Waals surface area contributed by atoms with Crippen LogP contribution in [0, 0.1) is 63.7 Å². The molecule has 0 aromatic heterocycles. The van der Waals surface area contributed by atoms with Crippen molar-refractivity contribution < 1.29 is 21.9 Å². The van der Waals surface area contributed by atoms with Crippen LogP contribution in [-0.2, 0) is 17.1 Å². The van der Waals surface area contributed by atoms with Crippen molar-refractivity contribution >= 4 is 12.4 Å². The Bertz CT molecular complexity index is 404. The van der Waals surface area contributed by atoms with Crippen molar-refractivity contribution in [3.63, 3.8) is 0 Å². The van der Waals surface area contributed by atoms with Gasteiger partial charge in [-0.2, -0.15) is 0 Å². The molecule has 3 rings (SSSR count). The zero-order valence-electron chi connectivity index (χ0n) is 11.5. The third-order valence-electron chi connectivity index (χ3n) is 2.78. The SMILES string of the molecule is O=Cc1ccc(/C=C\[C]2[CH][CH][CH][CH]2)cc1.[CH]1[CH][CH][CH][CH]1.[Fe+2]. The summed E-state index contributed by atoms with van der Waals surface area (Å²) in [4.78, 5) is 10.4. The molecular weight excluding hydrogens is 300 g/mol. The minimum Gasteiger partial charge on any atom is -0.298 e. The molecule has 0 aliphatic heterocycles. The number of hydrogen-bond donors (Lipinski definition) is 0. The molecular formula is C19H16FeO+2. The summed E-state index contributed by atoms with van der Waals surface area (Å²) in [6.45, 7) is 0. The summed E-state index contributed by atoms with van der Waals surface area (Å²) < 4.78 is 0. The molecule has 0 saturated heterocycles. The van der Waals surface area contributed by atoms with Crippen LogP contribution in [0.4, 0.5) is 0 Å². The van der Waals surface area contributed by atoms with E-state index in [0.29, 0.717) is 5.56 Å². The predicted molar refractivity (Wildman–Crippen MR) is 82.8 cm³/mol. The summed E-state index contributed by atoms with van der Waals surface area (Å²) in [5.41, 5.74) is 1.81. The monoisotopic (exact) mass is 316 g/mol. The van der Waals surface area contributed by atoms with Crippen molar-refractivity contribution in [2.45, 2.75) is 0 Å². The number of allylic oxidation sites excluding steroid dienone is 1. The third kappa shape index (κ3) is 7.11. The molecule has 0 bridgehead atoms. The first kappa shape index (κ1) is 18.2. The van der Waals surface area contributed by atoms with Gasteiger partial charge in [-0.05, 0) is 63.4 Å². The Morgan fingerprint density at radius 1 is 0.619 bits per heavy atom. The van der Waals surface area contributed by atoms with Crippen molar-refractivity contribution in [2.24, 2.45) is 0 Å². The number of carbonyl (C=O) groups is 1. The maximum Gasteiger partial charge on any atom is 2.00 e. The van der Waals surface area contributed by atoms with E-state index in [2.05, 4.69) is 18.9 Å². The molecule has 2 fully saturated rings. The zero-order chi connectivity index (χ0) is 14.0. The Morgan fingerprint density at radius 3 is 1.57 bits per heavy atom. The van der Waals surface area contributed by atoms with Crippen LogP contribution in [0.1, 0.15) is 15.9 Å². The summed E-state index contributed by atoms with van der Waals surface area (Å²) in [6.07, 6.45) is 23.1. The van der Waals surface area contributed by atoms with Gasteiger partial charge in [0.15, 0.2) is 0 Å². The van der Waals surface area contributed by atoms with Gasteiger partial charge >= 0.3 is 17.1 Å². The van der Waals surface area contributed by atoms with Crippen LogP contribution in [-0.4, -0.2) is 6.29 Å². The summed E-state index contributed by atoms with van der Waals surface area (Å²) >= 11 is 0. The molecule has 1 aromatic carbocycles. The molecule has 1 aromatic rings. The minimum absolute atomic E-state index is 0. The number of hydrogen-bond acceptors (Lipinski definition) is 1. The Morgan fingerprint density at radius 2 is 1.10 bits per heavy atom. The second-order valence-electron chi connectivity index (χ2n) is 4.30. The van der Waals surface area contributed by atoms with E-state index in [0.717, 1.165) is 11.8 Å². The van der Waals surface area contributed by atoms with E-state index in [1.165, 1.54) is 5.92 Å². The van der Waals surface area contributed by atoms with Crippen LogP contribution >= 0.6 is 0 Å². The fourth-order valence-electron chi connectivity index (χ4n) is 1.70. The number of rotatable bonds is 3. The van der Waals surface area contributed by atoms with Crippen molar-refractivity contribution in [3.8, 4) is 0 Å². The van der Waals surface area contributed by atoms with Gasteiger partial charge in [-0.25, -0.2) is 0 Å². The average Bonchev–Trinajstić information content (AvgIpc) is 3.21. The van der Waals surface area contributed by atoms with Crippen LogP contribution in [0.3, 0.4) is 0 Å². The van der Waals surface area contributed by atoms with E-state index in [1.54, 1.807) is 0 Å². The van der Waals surface area contributed by atoms with Crippen LogP contribution in [0.15, 0.2) is 30.3 Å². The van der Waals surface area contributed by atoms with Crippen LogP contribution in [0.2, 0.25) is 0 Å². The molecule has 0 amide bonds.